The lowest BCUT2D eigenvalue weighted by molar-refractivity contribution is 0.0696. The minimum atomic E-state index is -0.944. The lowest BCUT2D eigenvalue weighted by atomic mass is 9.66. The summed E-state index contributed by atoms with van der Waals surface area (Å²) in [5.41, 5.74) is 18.2. The summed E-state index contributed by atoms with van der Waals surface area (Å²) >= 11 is 1.20. The van der Waals surface area contributed by atoms with E-state index in [0.29, 0.717) is 11.8 Å². The molecule has 0 fully saturated rings. The quantitative estimate of drug-likeness (QED) is 0.0178. The second kappa shape index (κ2) is 36.5. The van der Waals surface area contributed by atoms with Crippen molar-refractivity contribution in [2.45, 2.75) is 272 Å². The van der Waals surface area contributed by atoms with Gasteiger partial charge >= 0.3 is 5.97 Å². The second-order valence-corrected chi connectivity index (χ2v) is 32.0. The summed E-state index contributed by atoms with van der Waals surface area (Å²) in [6.07, 6.45) is 42.6. The molecule has 1 N–H and O–H groups in total. The molecular weight excluding hydrogens is 1300 g/mol. The molecule has 12 aromatic rings. The summed E-state index contributed by atoms with van der Waals surface area (Å²) in [7, 11) is 0. The molecule has 10 aromatic carbocycles. The van der Waals surface area contributed by atoms with E-state index in [4.69, 9.17) is 13.5 Å². The highest BCUT2D eigenvalue weighted by Gasteiger charge is 2.50. The maximum Gasteiger partial charge on any atom is 0.335 e. The minimum absolute atomic E-state index is 0.253. The van der Waals surface area contributed by atoms with E-state index in [1.165, 1.54) is 316 Å². The number of hydrogen-bond donors (Lipinski definition) is 1. The first kappa shape index (κ1) is 75.2. The van der Waals surface area contributed by atoms with E-state index in [9.17, 15) is 9.90 Å². The molecule has 2 aromatic heterocycles. The number of aromatic nitrogens is 3. The Morgan fingerprint density at radius 1 is 0.467 bits per heavy atom. The molecule has 0 saturated heterocycles. The Kier molecular flexibility index (Phi) is 26.1. The number of hydrogen-bond acceptors (Lipinski definition) is 5. The fourth-order valence-corrected chi connectivity index (χ4v) is 18.8. The smallest absolute Gasteiger partial charge is 0.335 e. The van der Waals surface area contributed by atoms with Crippen molar-refractivity contribution in [2.24, 2.45) is 11.8 Å². The van der Waals surface area contributed by atoms with Crippen LogP contribution >= 0.6 is 11.7 Å². The summed E-state index contributed by atoms with van der Waals surface area (Å²) < 4.78 is 20.1. The number of carboxylic acids is 1. The largest absolute Gasteiger partial charge is 0.493 e. The van der Waals surface area contributed by atoms with Crippen molar-refractivity contribution in [2.75, 3.05) is 6.61 Å². The van der Waals surface area contributed by atoms with Gasteiger partial charge in [0.05, 0.1) is 45.9 Å². The van der Waals surface area contributed by atoms with Crippen molar-refractivity contribution < 1.29 is 14.6 Å². The molecule has 0 bridgehead atoms. The molecule has 7 heteroatoms. The Hall–Kier alpha value is -8.05. The van der Waals surface area contributed by atoms with Gasteiger partial charge in [0.15, 0.2) is 0 Å². The molecule has 6 nitrogen and oxygen atoms in total. The zero-order valence-corrected chi connectivity index (χ0v) is 65.3. The number of unbranched alkanes of at least 4 members (excludes halogenated alkanes) is 22. The molecule has 0 aliphatic heterocycles. The zero-order chi connectivity index (χ0) is 72.5. The van der Waals surface area contributed by atoms with Crippen LogP contribution in [0, 0.1) is 23.7 Å². The molecule has 2 unspecified atom stereocenters. The molecule has 2 heterocycles. The van der Waals surface area contributed by atoms with Crippen LogP contribution in [0.1, 0.15) is 302 Å². The van der Waals surface area contributed by atoms with Crippen LogP contribution in [0.5, 0.6) is 5.75 Å². The normalized spacial score (nSPS) is 13.3. The van der Waals surface area contributed by atoms with Crippen LogP contribution in [0.15, 0.2) is 146 Å². The molecule has 0 amide bonds. The first-order valence-corrected chi connectivity index (χ1v) is 42.6. The summed E-state index contributed by atoms with van der Waals surface area (Å²) in [5.74, 6) is 8.68. The van der Waals surface area contributed by atoms with Gasteiger partial charge in [0.2, 0.25) is 0 Å². The zero-order valence-electron chi connectivity index (χ0n) is 64.5. The molecule has 1 aliphatic rings. The fraction of sp³-hybridized carbons (Fsp3) is 0.459. The van der Waals surface area contributed by atoms with Crippen molar-refractivity contribution in [3.8, 4) is 39.8 Å². The van der Waals surface area contributed by atoms with E-state index in [-0.39, 0.29) is 5.56 Å². The van der Waals surface area contributed by atoms with Gasteiger partial charge in [0.1, 0.15) is 16.8 Å². The van der Waals surface area contributed by atoms with E-state index < -0.39 is 11.4 Å². The number of aromatic carboxylic acids is 1. The van der Waals surface area contributed by atoms with E-state index in [0.717, 1.165) is 65.0 Å². The molecule has 2 atom stereocenters. The van der Waals surface area contributed by atoms with Crippen LogP contribution < -0.4 is 4.74 Å². The van der Waals surface area contributed by atoms with Crippen molar-refractivity contribution in [1.82, 2.24) is 13.3 Å². The lowest BCUT2D eigenvalue weighted by Gasteiger charge is -2.35. The third-order valence-corrected chi connectivity index (χ3v) is 24.5. The SMILES string of the molecule is CCCCCCCCC(CCCCCC)COc1ccc2c(c1)C(c1ccc(CCCCCC)cc1)(c1ccc(CCCCCC)cc1)c1c-2c2cccc3c4cccc5c(C#Cc6ccc(-c7ccc(C(=O)O)cc7)c7nsnc67)cc6c(c54)c(c23)c1n6CC(CCCCCC)CCCCCCCC. The first-order valence-electron chi connectivity index (χ1n) is 41.8. The highest BCUT2D eigenvalue weighted by molar-refractivity contribution is 7.00. The number of benzene rings is 10. The van der Waals surface area contributed by atoms with E-state index in [1.807, 2.05) is 12.1 Å². The van der Waals surface area contributed by atoms with Crippen LogP contribution in [-0.2, 0) is 24.8 Å². The average Bonchev–Trinajstić information content (AvgIpc) is 1.49. The number of rotatable bonds is 43. The predicted molar refractivity (Wildman–Crippen MR) is 449 cm³/mol. The van der Waals surface area contributed by atoms with Gasteiger partial charge in [-0.15, -0.1) is 0 Å². The first-order chi connectivity index (χ1) is 51.7. The Morgan fingerprint density at radius 3 is 1.52 bits per heavy atom. The fourth-order valence-electron chi connectivity index (χ4n) is 18.3. The lowest BCUT2D eigenvalue weighted by Crippen LogP contribution is -2.30. The molecule has 548 valence electrons. The van der Waals surface area contributed by atoms with Gasteiger partial charge in [0.25, 0.3) is 0 Å². The van der Waals surface area contributed by atoms with Crippen LogP contribution in [0.2, 0.25) is 0 Å². The van der Waals surface area contributed by atoms with Gasteiger partial charge in [-0.1, -0.05) is 330 Å². The highest BCUT2D eigenvalue weighted by Crippen LogP contribution is 2.63. The van der Waals surface area contributed by atoms with Crippen LogP contribution in [-0.4, -0.2) is 31.0 Å². The molecular formula is C98H117N3O3S. The maximum atomic E-state index is 11.9. The molecule has 0 spiro atoms. The van der Waals surface area contributed by atoms with Gasteiger partial charge in [-0.2, -0.15) is 8.75 Å². The highest BCUT2D eigenvalue weighted by atomic mass is 32.1. The van der Waals surface area contributed by atoms with E-state index in [1.54, 1.807) is 12.1 Å². The third-order valence-electron chi connectivity index (χ3n) is 24.0. The van der Waals surface area contributed by atoms with Gasteiger partial charge in [-0.05, 0) is 166 Å². The van der Waals surface area contributed by atoms with Gasteiger partial charge in [-0.25, -0.2) is 4.79 Å². The van der Waals surface area contributed by atoms with Gasteiger partial charge in [0, 0.05) is 44.8 Å². The predicted octanol–water partition coefficient (Wildman–Crippen LogP) is 28.6. The molecule has 105 heavy (non-hydrogen) atoms. The second-order valence-electron chi connectivity index (χ2n) is 31.4. The summed E-state index contributed by atoms with van der Waals surface area (Å²) in [6.45, 7) is 15.6. The Labute approximate surface area is 632 Å². The van der Waals surface area contributed by atoms with Crippen LogP contribution in [0.3, 0.4) is 0 Å². The number of nitrogens with zero attached hydrogens (tertiary/aromatic N) is 3. The van der Waals surface area contributed by atoms with Crippen molar-refractivity contribution in [1.29, 1.82) is 0 Å². The summed E-state index contributed by atoms with van der Waals surface area (Å²) in [4.78, 5) is 11.9. The van der Waals surface area contributed by atoms with Crippen LogP contribution in [0.25, 0.3) is 87.4 Å². The molecule has 0 radical (unpaired) electrons. The number of fused-ring (bicyclic) bond motifs is 7. The number of aryl methyl sites for hydroxylation is 2. The Balaban J connectivity index is 1.08. The van der Waals surface area contributed by atoms with Crippen molar-refractivity contribution in [3.63, 3.8) is 0 Å². The number of carboxylic acid groups (broad SMARTS) is 1. The minimum Gasteiger partial charge on any atom is -0.493 e. The Morgan fingerprint density at radius 2 is 0.952 bits per heavy atom. The van der Waals surface area contributed by atoms with Crippen LogP contribution in [0.4, 0.5) is 0 Å². The van der Waals surface area contributed by atoms with E-state index in [2.05, 4.69) is 179 Å². The molecule has 0 saturated carbocycles. The monoisotopic (exact) mass is 1420 g/mol. The summed E-state index contributed by atoms with van der Waals surface area (Å²) in [6, 6.07) is 55.7. The molecule has 1 aliphatic carbocycles. The summed E-state index contributed by atoms with van der Waals surface area (Å²) in [5, 5.41) is 20.2. The average molecular weight is 1420 g/mol. The third kappa shape index (κ3) is 16.3. The standard InChI is InChI=1S/C98H117N3O3S/c1-7-13-19-25-27-33-40-71(39-31-23-17-11-5)67-101-87-65-76(56-53-74-57-63-81(95-94(74)99-105-100-95)73-51-54-75(55-52-73)97(102)103)80-43-35-44-82-83-45-36-46-85-89(83)92(91(87)88(80)82)96(101)93-90(85)84-64-62-79(104-68-72(41-32-24-18-12-6)42-34-28-26-20-14-8-2)66-86(84)98(93,77-58-47-69(48-59-77)37-29-21-15-9-3)78-60-49-70(50-61-78)38-30-22-16-10-4/h35-36,43-52,54-55,57-66,71-72H,7-34,37-42,67-68H2,1-6H3,(H,102,103). The van der Waals surface area contributed by atoms with E-state index >= 15 is 0 Å². The Bertz CT molecular complexity index is 4790. The van der Waals surface area contributed by atoms with Crippen molar-refractivity contribution in [3.05, 3.63) is 196 Å². The molecule has 13 rings (SSSR count). The van der Waals surface area contributed by atoms with Gasteiger partial charge in [-0.3, -0.25) is 0 Å². The topological polar surface area (TPSA) is 77.2 Å². The van der Waals surface area contributed by atoms with Gasteiger partial charge < -0.3 is 14.4 Å². The number of carbonyl (C=O) groups is 1. The maximum absolute atomic E-state index is 11.9. The van der Waals surface area contributed by atoms with Crippen molar-refractivity contribution >= 4 is 82.9 Å². The number of ether oxygens (including phenoxy) is 1.